The average Bonchev–Trinajstić information content (AvgIpc) is 2.51. The highest BCUT2D eigenvalue weighted by molar-refractivity contribution is 7.90. The van der Waals surface area contributed by atoms with Gasteiger partial charge in [-0.05, 0) is 17.7 Å². The Labute approximate surface area is 122 Å². The van der Waals surface area contributed by atoms with Crippen molar-refractivity contribution in [2.75, 3.05) is 0 Å². The maximum atomic E-state index is 12.2. The Morgan fingerprint density at radius 3 is 2.29 bits per heavy atom. The summed E-state index contributed by atoms with van der Waals surface area (Å²) in [5.74, 6) is 1.89. The Bertz CT molecular complexity index is 829. The Hall–Kier alpha value is -2.74. The summed E-state index contributed by atoms with van der Waals surface area (Å²) in [6.45, 7) is 0. The lowest BCUT2D eigenvalue weighted by Crippen LogP contribution is -2.31. The number of aromatic nitrogens is 1. The average molecular weight is 298 g/mol. The second-order valence-electron chi connectivity index (χ2n) is 4.27. The van der Waals surface area contributed by atoms with Crippen molar-refractivity contribution in [1.29, 1.82) is 10.7 Å². The number of hydrogen-bond acceptors (Lipinski definition) is 4. The largest absolute Gasteiger partial charge is 0.351 e. The molecule has 0 atom stereocenters. The van der Waals surface area contributed by atoms with Gasteiger partial charge in [0.2, 0.25) is 0 Å². The first-order valence-corrected chi connectivity index (χ1v) is 7.70. The maximum Gasteiger partial charge on any atom is 0.351 e. The van der Waals surface area contributed by atoms with Crippen LogP contribution in [0.5, 0.6) is 0 Å². The minimum absolute atomic E-state index is 0.0347. The lowest BCUT2D eigenvalue weighted by atomic mass is 10.3. The Balaban J connectivity index is 2.26. The van der Waals surface area contributed by atoms with E-state index in [-0.39, 0.29) is 16.3 Å². The van der Waals surface area contributed by atoms with Crippen molar-refractivity contribution in [2.24, 2.45) is 0 Å². The third-order valence-corrected chi connectivity index (χ3v) is 4.54. The van der Waals surface area contributed by atoms with E-state index in [4.69, 9.17) is 10.7 Å². The summed E-state index contributed by atoms with van der Waals surface area (Å²) in [6.07, 6.45) is 3.08. The first-order chi connectivity index (χ1) is 10.1. The number of nitrogens with zero attached hydrogens (tertiary/aromatic N) is 2. The van der Waals surface area contributed by atoms with Crippen LogP contribution in [-0.4, -0.2) is 14.3 Å². The fourth-order valence-electron chi connectivity index (χ4n) is 1.78. The first kappa shape index (κ1) is 14.7. The van der Waals surface area contributed by atoms with Crippen molar-refractivity contribution in [3.8, 4) is 6.07 Å². The quantitative estimate of drug-likeness (QED) is 0.528. The topological polar surface area (TPSA) is 85.7 Å². The molecule has 1 aromatic carbocycles. The van der Waals surface area contributed by atoms with Gasteiger partial charge >= 0.3 is 5.70 Å². The van der Waals surface area contributed by atoms with Gasteiger partial charge in [0, 0.05) is 12.1 Å². The molecule has 0 spiro atoms. The smallest absolute Gasteiger partial charge is 0.252 e. The maximum absolute atomic E-state index is 12.2. The molecule has 1 heterocycles. The second kappa shape index (κ2) is 6.14. The minimum atomic E-state index is -3.39. The predicted octanol–water partition coefficient (Wildman–Crippen LogP) is 1.56. The highest BCUT2D eigenvalue weighted by Crippen LogP contribution is 2.15. The molecule has 0 radical (unpaired) electrons. The number of allylic oxidation sites excluding steroid dienone is 1. The highest BCUT2D eigenvalue weighted by atomic mass is 32.2. The number of pyridine rings is 1. The molecular formula is C15H12N3O2S+. The van der Waals surface area contributed by atoms with E-state index in [1.807, 2.05) is 11.9 Å². The van der Waals surface area contributed by atoms with Crippen LogP contribution < -0.4 is 4.57 Å². The number of nitrogens with one attached hydrogen (secondary N) is 1. The molecule has 1 N–H and O–H groups in total. The molecule has 0 aliphatic rings. The van der Waals surface area contributed by atoms with Gasteiger partial charge in [-0.15, -0.1) is 4.57 Å². The molecule has 0 fully saturated rings. The van der Waals surface area contributed by atoms with Crippen LogP contribution in [0.3, 0.4) is 0 Å². The molecule has 0 aliphatic carbocycles. The van der Waals surface area contributed by atoms with Gasteiger partial charge in [-0.2, -0.15) is 5.26 Å². The van der Waals surface area contributed by atoms with E-state index < -0.39 is 9.84 Å². The van der Waals surface area contributed by atoms with Crippen LogP contribution in [0.15, 0.2) is 59.8 Å². The Morgan fingerprint density at radius 1 is 1.14 bits per heavy atom. The summed E-state index contributed by atoms with van der Waals surface area (Å²) in [4.78, 5) is 0.277. The van der Waals surface area contributed by atoms with E-state index in [1.165, 1.54) is 17.0 Å². The van der Waals surface area contributed by atoms with Gasteiger partial charge in [-0.3, -0.25) is 5.41 Å². The lowest BCUT2D eigenvalue weighted by molar-refractivity contribution is -0.576. The van der Waals surface area contributed by atoms with Crippen LogP contribution in [0, 0.1) is 16.7 Å². The molecule has 0 saturated heterocycles. The van der Waals surface area contributed by atoms with Gasteiger partial charge in [0.15, 0.2) is 28.3 Å². The standard InChI is InChI=1S/C15H12N3O2S/c16-10-14(11-17)18-8-6-13(7-9-18)12-21(19,20)15-4-2-1-3-5-15/h1-9,16H,12H2/q+1. The van der Waals surface area contributed by atoms with Crippen molar-refractivity contribution in [1.82, 2.24) is 0 Å². The molecule has 0 amide bonds. The van der Waals surface area contributed by atoms with E-state index in [0.717, 1.165) is 0 Å². The summed E-state index contributed by atoms with van der Waals surface area (Å²) < 4.78 is 25.9. The lowest BCUT2D eigenvalue weighted by Gasteiger charge is -2.03. The second-order valence-corrected chi connectivity index (χ2v) is 6.26. The minimum Gasteiger partial charge on any atom is -0.252 e. The number of benzene rings is 1. The van der Waals surface area contributed by atoms with Crippen molar-refractivity contribution in [3.05, 3.63) is 60.4 Å². The zero-order chi connectivity index (χ0) is 15.3. The van der Waals surface area contributed by atoms with Crippen LogP contribution in [0.1, 0.15) is 5.56 Å². The Morgan fingerprint density at radius 2 is 1.76 bits per heavy atom. The molecule has 6 heteroatoms. The number of sulfone groups is 1. The monoisotopic (exact) mass is 298 g/mol. The molecule has 0 saturated carbocycles. The van der Waals surface area contributed by atoms with E-state index in [1.54, 1.807) is 42.5 Å². The highest BCUT2D eigenvalue weighted by Gasteiger charge is 2.16. The predicted molar refractivity (Wildman–Crippen MR) is 77.0 cm³/mol. The summed E-state index contributed by atoms with van der Waals surface area (Å²) in [5, 5.41) is 15.8. The van der Waals surface area contributed by atoms with Crippen LogP contribution >= 0.6 is 0 Å². The fourth-order valence-corrected chi connectivity index (χ4v) is 3.15. The van der Waals surface area contributed by atoms with E-state index in [9.17, 15) is 8.42 Å². The molecule has 0 aliphatic heterocycles. The van der Waals surface area contributed by atoms with Crippen LogP contribution in [0.25, 0.3) is 5.70 Å². The fraction of sp³-hybridized carbons (Fsp3) is 0.0667. The molecular weight excluding hydrogens is 286 g/mol. The molecule has 5 nitrogen and oxygen atoms in total. The zero-order valence-electron chi connectivity index (χ0n) is 11.0. The molecule has 104 valence electrons. The van der Waals surface area contributed by atoms with Crippen LogP contribution in [0.2, 0.25) is 0 Å². The number of nitriles is 1. The van der Waals surface area contributed by atoms with Crippen molar-refractivity contribution < 1.29 is 13.0 Å². The summed E-state index contributed by atoms with van der Waals surface area (Å²) in [7, 11) is -3.39. The van der Waals surface area contributed by atoms with E-state index >= 15 is 0 Å². The summed E-state index contributed by atoms with van der Waals surface area (Å²) in [5.41, 5.74) is 0.643. The number of rotatable bonds is 4. The molecule has 0 unspecified atom stereocenters. The molecule has 2 aromatic rings. The third-order valence-electron chi connectivity index (χ3n) is 2.84. The van der Waals surface area contributed by atoms with Crippen molar-refractivity contribution in [2.45, 2.75) is 10.6 Å². The number of hydrogen-bond donors (Lipinski definition) is 1. The normalized spacial score (nSPS) is 10.4. The van der Waals surface area contributed by atoms with Gasteiger partial charge in [-0.25, -0.2) is 8.42 Å². The van der Waals surface area contributed by atoms with Crippen LogP contribution in [0.4, 0.5) is 0 Å². The van der Waals surface area contributed by atoms with Crippen molar-refractivity contribution >= 4 is 21.4 Å². The molecule has 0 bridgehead atoms. The molecule has 1 aromatic heterocycles. The van der Waals surface area contributed by atoms with E-state index in [0.29, 0.717) is 5.56 Å². The van der Waals surface area contributed by atoms with Gasteiger partial charge in [0.1, 0.15) is 0 Å². The molecule has 2 rings (SSSR count). The summed E-state index contributed by atoms with van der Waals surface area (Å²) in [6, 6.07) is 13.3. The van der Waals surface area contributed by atoms with Gasteiger partial charge < -0.3 is 0 Å². The Kier molecular flexibility index (Phi) is 4.29. The summed E-state index contributed by atoms with van der Waals surface area (Å²) >= 11 is 0. The van der Waals surface area contributed by atoms with E-state index in [2.05, 4.69) is 0 Å². The zero-order valence-corrected chi connectivity index (χ0v) is 11.8. The van der Waals surface area contributed by atoms with Crippen molar-refractivity contribution in [3.63, 3.8) is 0 Å². The van der Waals surface area contributed by atoms with Crippen LogP contribution in [-0.2, 0) is 15.6 Å². The van der Waals surface area contributed by atoms with Gasteiger partial charge in [0.05, 0.1) is 16.5 Å². The first-order valence-electron chi connectivity index (χ1n) is 6.05. The van der Waals surface area contributed by atoms with Gasteiger partial charge in [-0.1, -0.05) is 18.2 Å². The third kappa shape index (κ3) is 3.42. The SMILES string of the molecule is N#CC(=C=N)[n+]1ccc(CS(=O)(=O)c2ccccc2)cc1. The van der Waals surface area contributed by atoms with Gasteiger partial charge in [0.25, 0.3) is 0 Å². The molecule has 21 heavy (non-hydrogen) atoms.